The third-order valence-corrected chi connectivity index (χ3v) is 10.5. The van der Waals surface area contributed by atoms with Crippen molar-refractivity contribution in [1.29, 1.82) is 0 Å². The average molecular weight is 993 g/mol. The molecule has 390 valence electrons. The van der Waals surface area contributed by atoms with Gasteiger partial charge >= 0.3 is 5.97 Å². The Labute approximate surface area is 403 Å². The third-order valence-electron chi connectivity index (χ3n) is 10.5. The third kappa shape index (κ3) is 22.6. The Hall–Kier alpha value is -7.46. The second-order valence-corrected chi connectivity index (χ2v) is 16.4. The van der Waals surface area contributed by atoms with E-state index in [1.165, 1.54) is 0 Å². The number of hydrogen-bond donors (Lipinski definition) is 16. The number of carbonyl (C=O) groups excluding carboxylic acids is 10. The highest BCUT2D eigenvalue weighted by atomic mass is 16.4. The Balaban J connectivity index is 3.37. The number of carbonyl (C=O) groups is 11. The first-order valence-electron chi connectivity index (χ1n) is 22.2. The van der Waals surface area contributed by atoms with Crippen molar-refractivity contribution in [2.45, 2.75) is 133 Å². The number of carboxylic acids is 1. The highest BCUT2D eigenvalue weighted by molar-refractivity contribution is 5.99. The molecule has 28 nitrogen and oxygen atoms in total. The Morgan fingerprint density at radius 1 is 0.586 bits per heavy atom. The number of carboxylic acid groups (broad SMARTS) is 1. The van der Waals surface area contributed by atoms with Crippen LogP contribution in [-0.2, 0) is 59.2 Å². The van der Waals surface area contributed by atoms with Crippen LogP contribution < -0.4 is 71.6 Å². The van der Waals surface area contributed by atoms with Gasteiger partial charge in [0.1, 0.15) is 42.3 Å². The number of rotatable bonds is 33. The van der Waals surface area contributed by atoms with Gasteiger partial charge < -0.3 is 86.9 Å². The van der Waals surface area contributed by atoms with Gasteiger partial charge in [0.05, 0.1) is 25.2 Å². The summed E-state index contributed by atoms with van der Waals surface area (Å²) in [5, 5.41) is 46.6. The minimum Gasteiger partial charge on any atom is -0.480 e. The van der Waals surface area contributed by atoms with Crippen LogP contribution in [0.1, 0.15) is 77.7 Å². The number of aliphatic hydroxyl groups excluding tert-OH is 2. The topological polar surface area (TPSA) is 501 Å². The second-order valence-electron chi connectivity index (χ2n) is 16.4. The zero-order chi connectivity index (χ0) is 53.2. The molecule has 1 rings (SSSR count). The van der Waals surface area contributed by atoms with E-state index in [-0.39, 0.29) is 51.0 Å². The number of guanidine groups is 1. The van der Waals surface area contributed by atoms with E-state index in [0.29, 0.717) is 12.0 Å². The van der Waals surface area contributed by atoms with Crippen LogP contribution in [-0.4, -0.2) is 154 Å². The van der Waals surface area contributed by atoms with E-state index in [4.69, 9.17) is 34.4 Å². The summed E-state index contributed by atoms with van der Waals surface area (Å²) in [5.41, 5.74) is 32.7. The minimum absolute atomic E-state index is 0.0691. The number of primary amides is 3. The van der Waals surface area contributed by atoms with Crippen LogP contribution in [0.5, 0.6) is 0 Å². The van der Waals surface area contributed by atoms with E-state index >= 15 is 0 Å². The number of aliphatic imine (C=N–C) groups is 1. The molecule has 0 radical (unpaired) electrons. The normalized spacial score (nSPS) is 15.2. The molecule has 0 aliphatic heterocycles. The van der Waals surface area contributed by atoms with Crippen molar-refractivity contribution in [2.75, 3.05) is 13.2 Å². The number of aliphatic hydroxyl groups is 2. The van der Waals surface area contributed by atoms with Crippen molar-refractivity contribution >= 4 is 71.0 Å². The van der Waals surface area contributed by atoms with Gasteiger partial charge in [-0.1, -0.05) is 50.6 Å². The Kier molecular flexibility index (Phi) is 26.7. The molecule has 22 N–H and O–H groups in total. The van der Waals surface area contributed by atoms with E-state index in [1.54, 1.807) is 44.2 Å². The van der Waals surface area contributed by atoms with Gasteiger partial charge in [-0.15, -0.1) is 0 Å². The Morgan fingerprint density at radius 3 is 1.60 bits per heavy atom. The van der Waals surface area contributed by atoms with Crippen LogP contribution in [0.3, 0.4) is 0 Å². The zero-order valence-electron chi connectivity index (χ0n) is 39.2. The zero-order valence-corrected chi connectivity index (χ0v) is 39.2. The predicted octanol–water partition coefficient (Wildman–Crippen LogP) is -7.09. The van der Waals surface area contributed by atoms with Crippen LogP contribution in [0.2, 0.25) is 0 Å². The first-order valence-corrected chi connectivity index (χ1v) is 22.2. The molecule has 70 heavy (non-hydrogen) atoms. The lowest BCUT2D eigenvalue weighted by molar-refractivity contribution is -0.143. The number of nitrogens with one attached hydrogen (secondary N) is 7. The fourth-order valence-corrected chi connectivity index (χ4v) is 6.37. The quantitative estimate of drug-likeness (QED) is 0.0177. The molecule has 0 saturated carbocycles. The number of amides is 10. The van der Waals surface area contributed by atoms with Gasteiger partial charge in [-0.25, -0.2) is 4.79 Å². The summed E-state index contributed by atoms with van der Waals surface area (Å²) >= 11 is 0. The van der Waals surface area contributed by atoms with Crippen LogP contribution in [0.15, 0.2) is 35.3 Å². The molecule has 0 heterocycles. The number of hydrogen-bond acceptors (Lipinski definition) is 15. The van der Waals surface area contributed by atoms with Crippen molar-refractivity contribution in [3.63, 3.8) is 0 Å². The van der Waals surface area contributed by atoms with Crippen molar-refractivity contribution < 1.29 is 68.1 Å². The van der Waals surface area contributed by atoms with E-state index < -0.39 is 145 Å². The maximum Gasteiger partial charge on any atom is 0.326 e. The summed E-state index contributed by atoms with van der Waals surface area (Å²) in [5.74, 6) is -12.6. The molecule has 0 spiro atoms. The summed E-state index contributed by atoms with van der Waals surface area (Å²) in [6, 6.07) is -4.82. The number of benzene rings is 1. The fourth-order valence-electron chi connectivity index (χ4n) is 6.37. The summed E-state index contributed by atoms with van der Waals surface area (Å²) in [7, 11) is 0. The summed E-state index contributed by atoms with van der Waals surface area (Å²) in [6.07, 6.45) is -3.71. The molecule has 0 aromatic heterocycles. The fraction of sp³-hybridized carbons (Fsp3) is 0.571. The number of aliphatic carboxylic acids is 1. The first-order chi connectivity index (χ1) is 32.8. The number of nitrogens with zero attached hydrogens (tertiary/aromatic N) is 1. The lowest BCUT2D eigenvalue weighted by atomic mass is 9.96. The van der Waals surface area contributed by atoms with Gasteiger partial charge in [0.2, 0.25) is 59.1 Å². The molecule has 0 aliphatic rings. The molecule has 10 amide bonds. The van der Waals surface area contributed by atoms with Gasteiger partial charge in [0.15, 0.2) is 5.96 Å². The van der Waals surface area contributed by atoms with Crippen LogP contribution in [0, 0.1) is 5.92 Å². The maximum absolute atomic E-state index is 14.0. The minimum atomic E-state index is -1.93. The molecule has 1 aromatic rings. The SMILES string of the molecule is CC[C@H](C)[C@H](NC(=O)[C@@H](NC(=O)[C@H](CO)NC(=O)[C@H](CC(N)=O)NC(=O)[C@H](Cc1ccccc1)NC(=O)[C@H](CCC(N)=O)NC(=O)[C@@H](N)CCC(N)=O)[C@@H](C)O)C(=O)N[C@@H](CCCN=C(N)N)C(=O)O. The molecule has 0 saturated heterocycles. The van der Waals surface area contributed by atoms with E-state index in [0.717, 1.165) is 6.92 Å². The molecule has 28 heteroatoms. The number of nitrogens with two attached hydrogens (primary N) is 6. The van der Waals surface area contributed by atoms with Crippen molar-refractivity contribution in [2.24, 2.45) is 45.3 Å². The highest BCUT2D eigenvalue weighted by Gasteiger charge is 2.37. The molecular formula is C42H68N14O14. The molecule has 0 aliphatic carbocycles. The maximum atomic E-state index is 14.0. The van der Waals surface area contributed by atoms with Crippen molar-refractivity contribution in [1.82, 2.24) is 37.2 Å². The van der Waals surface area contributed by atoms with E-state index in [1.807, 2.05) is 0 Å². The standard InChI is InChI=1S/C42H68N14O14/c1-4-20(2)32(39(67)51-25(41(69)70)11-8-16-49-42(47)48)55-40(68)33(21(3)58)56-38(66)28(19-57)54-37(65)27(18-31(46)61)53-36(64)26(17-22-9-6-5-7-10-22)52-35(63)24(13-15-30(45)60)50-34(62)23(43)12-14-29(44)59/h5-7,9-10,20-21,23-28,32-33,57-58H,4,8,11-19,43H2,1-3H3,(H2,44,59)(H2,45,60)(H2,46,61)(H,50,62)(H,51,67)(H,52,63)(H,53,64)(H,54,65)(H,55,68)(H,56,66)(H,69,70)(H4,47,48,49)/t20-,21+,23-,24-,25-,26-,27-,28-,32-,33-/m0/s1. The summed E-state index contributed by atoms with van der Waals surface area (Å²) in [4.78, 5) is 145. The largest absolute Gasteiger partial charge is 0.480 e. The lowest BCUT2D eigenvalue weighted by Crippen LogP contribution is -2.63. The Bertz CT molecular complexity index is 2020. The smallest absolute Gasteiger partial charge is 0.326 e. The molecular weight excluding hydrogens is 925 g/mol. The monoisotopic (exact) mass is 993 g/mol. The van der Waals surface area contributed by atoms with Gasteiger partial charge in [-0.05, 0) is 44.1 Å². The van der Waals surface area contributed by atoms with Gasteiger partial charge in [-0.3, -0.25) is 52.9 Å². The highest BCUT2D eigenvalue weighted by Crippen LogP contribution is 2.12. The second kappa shape index (κ2) is 30.8. The van der Waals surface area contributed by atoms with Gasteiger partial charge in [0.25, 0.3) is 0 Å². The van der Waals surface area contributed by atoms with Crippen LogP contribution >= 0.6 is 0 Å². The molecule has 10 atom stereocenters. The summed E-state index contributed by atoms with van der Waals surface area (Å²) in [6.45, 7) is 3.27. The van der Waals surface area contributed by atoms with Gasteiger partial charge in [-0.2, -0.15) is 0 Å². The van der Waals surface area contributed by atoms with Crippen LogP contribution in [0.4, 0.5) is 0 Å². The van der Waals surface area contributed by atoms with Crippen LogP contribution in [0.25, 0.3) is 0 Å². The Morgan fingerprint density at radius 2 is 1.07 bits per heavy atom. The van der Waals surface area contributed by atoms with Crippen molar-refractivity contribution in [3.8, 4) is 0 Å². The van der Waals surface area contributed by atoms with Gasteiger partial charge in [0, 0.05) is 25.8 Å². The average Bonchev–Trinajstić information content (AvgIpc) is 3.29. The lowest BCUT2D eigenvalue weighted by Gasteiger charge is -2.29. The van der Waals surface area contributed by atoms with Crippen molar-refractivity contribution in [3.05, 3.63) is 35.9 Å². The molecule has 0 unspecified atom stereocenters. The predicted molar refractivity (Wildman–Crippen MR) is 248 cm³/mol. The summed E-state index contributed by atoms with van der Waals surface area (Å²) < 4.78 is 0. The van der Waals surface area contributed by atoms with E-state index in [2.05, 4.69) is 42.2 Å². The molecule has 0 fully saturated rings. The first kappa shape index (κ1) is 60.6. The molecule has 0 bridgehead atoms. The van der Waals surface area contributed by atoms with E-state index in [9.17, 15) is 68.1 Å². The molecule has 1 aromatic carbocycles.